The number of likely N-dealkylation sites (N-methyl/N-ethyl adjacent to an activating group) is 1. The minimum atomic E-state index is -0.0254. The molecule has 1 aliphatic rings. The number of nitrogens with zero attached hydrogens (tertiary/aromatic N) is 2. The Morgan fingerprint density at radius 3 is 2.81 bits per heavy atom. The zero-order chi connectivity index (χ0) is 12.0. The molecule has 0 aliphatic carbocycles. The van der Waals surface area contributed by atoms with Crippen molar-refractivity contribution in [2.45, 2.75) is 18.9 Å². The van der Waals surface area contributed by atoms with Crippen LogP contribution < -0.4 is 10.6 Å². The average molecular weight is 228 g/mol. The zero-order valence-electron chi connectivity index (χ0n) is 10.6. The van der Waals surface area contributed by atoms with E-state index in [0.717, 1.165) is 13.1 Å². The SMILES string of the molecule is CN1CCCC(NCCNC(=O)N(C)C)C1. The Morgan fingerprint density at radius 2 is 2.19 bits per heavy atom. The Morgan fingerprint density at radius 1 is 1.44 bits per heavy atom. The first-order valence-electron chi connectivity index (χ1n) is 5.96. The molecule has 0 bridgehead atoms. The quantitative estimate of drug-likeness (QED) is 0.663. The van der Waals surface area contributed by atoms with Crippen LogP contribution in [0.2, 0.25) is 0 Å². The molecular formula is C11H24N4O. The van der Waals surface area contributed by atoms with Gasteiger partial charge in [0.05, 0.1) is 0 Å². The maximum absolute atomic E-state index is 11.2. The normalized spacial score (nSPS) is 21.8. The van der Waals surface area contributed by atoms with Crippen LogP contribution in [0.1, 0.15) is 12.8 Å². The molecule has 1 aliphatic heterocycles. The zero-order valence-corrected chi connectivity index (χ0v) is 10.6. The average Bonchev–Trinajstić information content (AvgIpc) is 2.24. The number of rotatable bonds is 4. The predicted molar refractivity (Wildman–Crippen MR) is 65.6 cm³/mol. The number of carbonyl (C=O) groups excluding carboxylic acids is 1. The smallest absolute Gasteiger partial charge is 0.316 e. The van der Waals surface area contributed by atoms with Crippen LogP contribution in [0.3, 0.4) is 0 Å². The molecule has 5 nitrogen and oxygen atoms in total. The topological polar surface area (TPSA) is 47.6 Å². The number of hydrogen-bond acceptors (Lipinski definition) is 3. The summed E-state index contributed by atoms with van der Waals surface area (Å²) in [6.45, 7) is 3.85. The second kappa shape index (κ2) is 6.70. The van der Waals surface area contributed by atoms with Gasteiger partial charge in [-0.25, -0.2) is 4.79 Å². The van der Waals surface area contributed by atoms with E-state index in [1.165, 1.54) is 19.4 Å². The van der Waals surface area contributed by atoms with Crippen molar-refractivity contribution in [3.63, 3.8) is 0 Å². The van der Waals surface area contributed by atoms with Crippen molar-refractivity contribution in [2.24, 2.45) is 0 Å². The maximum Gasteiger partial charge on any atom is 0.316 e. The Labute approximate surface area is 98.2 Å². The molecule has 1 atom stereocenters. The predicted octanol–water partition coefficient (Wildman–Crippen LogP) is -0.0586. The molecule has 1 fully saturated rings. The highest BCUT2D eigenvalue weighted by molar-refractivity contribution is 5.73. The van der Waals surface area contributed by atoms with Gasteiger partial charge in [-0.2, -0.15) is 0 Å². The third kappa shape index (κ3) is 4.81. The third-order valence-corrected chi connectivity index (χ3v) is 2.86. The van der Waals surface area contributed by atoms with E-state index in [2.05, 4.69) is 22.6 Å². The molecule has 0 spiro atoms. The number of nitrogens with one attached hydrogen (secondary N) is 2. The molecule has 1 unspecified atom stereocenters. The van der Waals surface area contributed by atoms with E-state index in [1.807, 2.05) is 0 Å². The lowest BCUT2D eigenvalue weighted by molar-refractivity contribution is 0.214. The molecule has 0 aromatic rings. The summed E-state index contributed by atoms with van der Waals surface area (Å²) in [5.41, 5.74) is 0. The number of hydrogen-bond donors (Lipinski definition) is 2. The standard InChI is InChI=1S/C11H24N4O/c1-14(2)11(16)13-7-6-12-10-5-4-8-15(3)9-10/h10,12H,4-9H2,1-3H3,(H,13,16). The summed E-state index contributed by atoms with van der Waals surface area (Å²) in [5.74, 6) is 0. The van der Waals surface area contributed by atoms with Gasteiger partial charge in [0.2, 0.25) is 0 Å². The van der Waals surface area contributed by atoms with Crippen molar-refractivity contribution in [2.75, 3.05) is 47.3 Å². The molecule has 1 saturated heterocycles. The minimum absolute atomic E-state index is 0.0254. The van der Waals surface area contributed by atoms with E-state index >= 15 is 0 Å². The van der Waals surface area contributed by atoms with Gasteiger partial charge in [0.25, 0.3) is 0 Å². The van der Waals surface area contributed by atoms with Crippen LogP contribution in [-0.4, -0.2) is 69.2 Å². The maximum atomic E-state index is 11.2. The van der Waals surface area contributed by atoms with E-state index in [0.29, 0.717) is 12.6 Å². The van der Waals surface area contributed by atoms with Crippen LogP contribution in [0.5, 0.6) is 0 Å². The summed E-state index contributed by atoms with van der Waals surface area (Å²) in [6.07, 6.45) is 2.50. The molecule has 0 radical (unpaired) electrons. The summed E-state index contributed by atoms with van der Waals surface area (Å²) in [4.78, 5) is 15.1. The van der Waals surface area contributed by atoms with Crippen molar-refractivity contribution in [1.29, 1.82) is 0 Å². The van der Waals surface area contributed by atoms with Gasteiger partial charge >= 0.3 is 6.03 Å². The van der Waals surface area contributed by atoms with E-state index in [9.17, 15) is 4.79 Å². The van der Waals surface area contributed by atoms with Crippen molar-refractivity contribution in [3.05, 3.63) is 0 Å². The fourth-order valence-corrected chi connectivity index (χ4v) is 1.94. The number of piperidine rings is 1. The molecule has 0 aromatic heterocycles. The third-order valence-electron chi connectivity index (χ3n) is 2.86. The van der Waals surface area contributed by atoms with E-state index in [4.69, 9.17) is 0 Å². The molecule has 16 heavy (non-hydrogen) atoms. The highest BCUT2D eigenvalue weighted by Gasteiger charge is 2.15. The van der Waals surface area contributed by atoms with Gasteiger partial charge in [-0.05, 0) is 26.4 Å². The van der Waals surface area contributed by atoms with Crippen LogP contribution in [0, 0.1) is 0 Å². The molecular weight excluding hydrogens is 204 g/mol. The summed E-state index contributed by atoms with van der Waals surface area (Å²) < 4.78 is 0. The van der Waals surface area contributed by atoms with E-state index in [1.54, 1.807) is 19.0 Å². The second-order valence-corrected chi connectivity index (χ2v) is 4.68. The highest BCUT2D eigenvalue weighted by atomic mass is 16.2. The Bertz CT molecular complexity index is 220. The number of likely N-dealkylation sites (tertiary alicyclic amines) is 1. The van der Waals surface area contributed by atoms with Gasteiger partial charge in [-0.1, -0.05) is 0 Å². The van der Waals surface area contributed by atoms with Gasteiger partial charge in [0.15, 0.2) is 0 Å². The lowest BCUT2D eigenvalue weighted by atomic mass is 10.1. The van der Waals surface area contributed by atoms with Gasteiger partial charge in [0.1, 0.15) is 0 Å². The van der Waals surface area contributed by atoms with E-state index in [-0.39, 0.29) is 6.03 Å². The van der Waals surface area contributed by atoms with Crippen LogP contribution in [-0.2, 0) is 0 Å². The minimum Gasteiger partial charge on any atom is -0.337 e. The summed E-state index contributed by atoms with van der Waals surface area (Å²) in [7, 11) is 5.65. The first-order chi connectivity index (χ1) is 7.59. The largest absolute Gasteiger partial charge is 0.337 e. The first-order valence-corrected chi connectivity index (χ1v) is 5.96. The molecule has 2 amide bonds. The molecule has 0 aromatic carbocycles. The summed E-state index contributed by atoms with van der Waals surface area (Å²) >= 11 is 0. The number of urea groups is 1. The molecule has 5 heteroatoms. The van der Waals surface area contributed by atoms with E-state index < -0.39 is 0 Å². The number of carbonyl (C=O) groups is 1. The Balaban J connectivity index is 2.04. The molecule has 0 saturated carbocycles. The van der Waals surface area contributed by atoms with Crippen LogP contribution in [0.4, 0.5) is 4.79 Å². The molecule has 2 N–H and O–H groups in total. The first kappa shape index (κ1) is 13.3. The van der Waals surface area contributed by atoms with Crippen LogP contribution in [0.25, 0.3) is 0 Å². The van der Waals surface area contributed by atoms with Gasteiger partial charge < -0.3 is 20.4 Å². The molecule has 1 rings (SSSR count). The van der Waals surface area contributed by atoms with Crippen molar-refractivity contribution >= 4 is 6.03 Å². The summed E-state index contributed by atoms with van der Waals surface area (Å²) in [6, 6.07) is 0.553. The van der Waals surface area contributed by atoms with Gasteiger partial charge in [-0.3, -0.25) is 0 Å². The van der Waals surface area contributed by atoms with Gasteiger partial charge in [-0.15, -0.1) is 0 Å². The number of amides is 2. The fourth-order valence-electron chi connectivity index (χ4n) is 1.94. The van der Waals surface area contributed by atoms with Crippen molar-refractivity contribution in [1.82, 2.24) is 20.4 Å². The van der Waals surface area contributed by atoms with Gasteiger partial charge in [0, 0.05) is 39.8 Å². The van der Waals surface area contributed by atoms with Crippen molar-refractivity contribution in [3.8, 4) is 0 Å². The fraction of sp³-hybridized carbons (Fsp3) is 0.909. The Hall–Kier alpha value is -0.810. The lowest BCUT2D eigenvalue weighted by Crippen LogP contribution is -2.46. The highest BCUT2D eigenvalue weighted by Crippen LogP contribution is 2.06. The summed E-state index contributed by atoms with van der Waals surface area (Å²) in [5, 5.41) is 6.32. The molecule has 94 valence electrons. The van der Waals surface area contributed by atoms with Crippen LogP contribution >= 0.6 is 0 Å². The molecule has 1 heterocycles. The second-order valence-electron chi connectivity index (χ2n) is 4.68. The van der Waals surface area contributed by atoms with Crippen molar-refractivity contribution < 1.29 is 4.79 Å². The lowest BCUT2D eigenvalue weighted by Gasteiger charge is -2.30. The van der Waals surface area contributed by atoms with Crippen LogP contribution in [0.15, 0.2) is 0 Å². The Kier molecular flexibility index (Phi) is 5.55. The monoisotopic (exact) mass is 228 g/mol.